The molecule has 1 N–H and O–H groups in total. The van der Waals surface area contributed by atoms with Crippen LogP contribution >= 0.6 is 0 Å². The molecule has 0 radical (unpaired) electrons. The molecule has 0 saturated carbocycles. The largest absolute Gasteiger partial charge is 0.419 e. The van der Waals surface area contributed by atoms with Gasteiger partial charge in [0.05, 0.1) is 34.6 Å². The number of benzene rings is 3. The van der Waals surface area contributed by atoms with E-state index in [9.17, 15) is 27.2 Å². The Morgan fingerprint density at radius 2 is 1.81 bits per heavy atom. The first kappa shape index (κ1) is 35.2. The van der Waals surface area contributed by atoms with E-state index in [-0.39, 0.29) is 29.5 Å². The molecule has 1 saturated heterocycles. The van der Waals surface area contributed by atoms with Gasteiger partial charge in [0, 0.05) is 12.6 Å². The number of nitrogens with one attached hydrogen (secondary N) is 1. The first-order valence-corrected chi connectivity index (χ1v) is 16.6. The number of aromatic nitrogens is 2. The number of rotatable bonds is 13. The number of para-hydroxylation sites is 1. The number of aryl methyl sites for hydroxylation is 1. The van der Waals surface area contributed by atoms with Crippen LogP contribution in [-0.4, -0.2) is 65.0 Å². The van der Waals surface area contributed by atoms with Crippen LogP contribution in [0.1, 0.15) is 67.6 Å². The molecule has 7 nitrogen and oxygen atoms in total. The average Bonchev–Trinajstić information content (AvgIpc) is 3.47. The van der Waals surface area contributed by atoms with Gasteiger partial charge in [-0.15, -0.1) is 0 Å². The van der Waals surface area contributed by atoms with Crippen molar-refractivity contribution < 1.29 is 22.4 Å². The van der Waals surface area contributed by atoms with Gasteiger partial charge in [0.2, 0.25) is 5.91 Å². The Bertz CT molecular complexity index is 1770. The number of hydrogen-bond acceptors (Lipinski definition) is 5. The van der Waals surface area contributed by atoms with Crippen LogP contribution in [0.2, 0.25) is 0 Å². The zero-order valence-electron chi connectivity index (χ0n) is 27.7. The number of nitrogens with zero attached hydrogens (tertiary/aromatic N) is 4. The number of hydrogen-bond donors (Lipinski definition) is 1. The van der Waals surface area contributed by atoms with E-state index in [1.165, 1.54) is 0 Å². The van der Waals surface area contributed by atoms with Crippen molar-refractivity contribution in [1.82, 2.24) is 24.7 Å². The normalized spacial score (nSPS) is 16.0. The van der Waals surface area contributed by atoms with E-state index in [0.717, 1.165) is 49.9 Å². The average molecular weight is 666 g/mol. The van der Waals surface area contributed by atoms with Gasteiger partial charge in [0.15, 0.2) is 0 Å². The molecule has 0 aliphatic carbocycles. The summed E-state index contributed by atoms with van der Waals surface area (Å²) < 4.78 is 56.0. The van der Waals surface area contributed by atoms with E-state index in [4.69, 9.17) is 4.98 Å². The maximum absolute atomic E-state index is 14.6. The number of carbonyl (C=O) groups is 1. The van der Waals surface area contributed by atoms with Crippen molar-refractivity contribution in [3.05, 3.63) is 105 Å². The van der Waals surface area contributed by atoms with Gasteiger partial charge < -0.3 is 15.1 Å². The highest BCUT2D eigenvalue weighted by molar-refractivity contribution is 5.80. The van der Waals surface area contributed by atoms with Gasteiger partial charge in [0.25, 0.3) is 5.56 Å². The molecule has 2 heterocycles. The van der Waals surface area contributed by atoms with Crippen LogP contribution in [0.4, 0.5) is 17.6 Å². The molecular formula is C37H43F4N5O2. The van der Waals surface area contributed by atoms with Crippen LogP contribution in [0.3, 0.4) is 0 Å². The van der Waals surface area contributed by atoms with Crippen LogP contribution in [0.5, 0.6) is 0 Å². The molecule has 1 aromatic heterocycles. The van der Waals surface area contributed by atoms with Crippen LogP contribution < -0.4 is 10.9 Å². The molecule has 11 heteroatoms. The summed E-state index contributed by atoms with van der Waals surface area (Å²) in [6.45, 7) is 3.87. The molecule has 1 aliphatic rings. The van der Waals surface area contributed by atoms with Gasteiger partial charge in [0.1, 0.15) is 11.6 Å². The van der Waals surface area contributed by atoms with Crippen molar-refractivity contribution in [2.24, 2.45) is 0 Å². The Balaban J connectivity index is 1.63. The van der Waals surface area contributed by atoms with Gasteiger partial charge in [-0.3, -0.25) is 14.2 Å². The first-order valence-electron chi connectivity index (χ1n) is 16.6. The third-order valence-electron chi connectivity index (χ3n) is 9.27. The molecule has 0 spiro atoms. The van der Waals surface area contributed by atoms with Crippen LogP contribution in [-0.2, 0) is 23.8 Å². The molecule has 5 rings (SSSR count). The summed E-state index contributed by atoms with van der Waals surface area (Å²) >= 11 is 0. The predicted molar refractivity (Wildman–Crippen MR) is 180 cm³/mol. The standard InChI is InChI=1S/C37H43F4N5O2/c1-4-8-25-12-15-28(16-13-25)46-35(43-32-11-6-5-10-29(32)36(46)48)33(18-20-42-2)45(22-19-27-9-7-21-44(27)3)34(47)24-26-14-17-30(31(38)23-26)37(39,40)41/h5-6,10-17,23,27,33,42H,4,7-9,18-22,24H2,1-3H3. The monoisotopic (exact) mass is 665 g/mol. The minimum atomic E-state index is -4.84. The molecule has 256 valence electrons. The third-order valence-corrected chi connectivity index (χ3v) is 9.27. The second kappa shape index (κ2) is 15.4. The van der Waals surface area contributed by atoms with E-state index >= 15 is 0 Å². The van der Waals surface area contributed by atoms with Gasteiger partial charge in [-0.2, -0.15) is 13.2 Å². The quantitative estimate of drug-likeness (QED) is 0.161. The fraction of sp³-hybridized carbons (Fsp3) is 0.432. The Hall–Kier alpha value is -4.09. The van der Waals surface area contributed by atoms with E-state index in [1.54, 1.807) is 34.7 Å². The lowest BCUT2D eigenvalue weighted by atomic mass is 10.0. The number of carbonyl (C=O) groups excluding carboxylic acids is 1. The number of fused-ring (bicyclic) bond motifs is 1. The molecule has 2 atom stereocenters. The lowest BCUT2D eigenvalue weighted by molar-refractivity contribution is -0.140. The molecular weight excluding hydrogens is 622 g/mol. The smallest absolute Gasteiger partial charge is 0.332 e. The third kappa shape index (κ3) is 7.95. The minimum absolute atomic E-state index is 0.135. The topological polar surface area (TPSA) is 70.5 Å². The second-order valence-electron chi connectivity index (χ2n) is 12.6. The van der Waals surface area contributed by atoms with Crippen molar-refractivity contribution in [2.45, 2.75) is 70.1 Å². The van der Waals surface area contributed by atoms with Gasteiger partial charge in [-0.25, -0.2) is 9.37 Å². The minimum Gasteiger partial charge on any atom is -0.332 e. The fourth-order valence-electron chi connectivity index (χ4n) is 6.69. The molecule has 0 bridgehead atoms. The van der Waals surface area contributed by atoms with Crippen LogP contribution in [0, 0.1) is 5.82 Å². The number of alkyl halides is 3. The van der Waals surface area contributed by atoms with Crippen molar-refractivity contribution in [2.75, 3.05) is 33.7 Å². The fourth-order valence-corrected chi connectivity index (χ4v) is 6.69. The Labute approximate surface area is 278 Å². The molecule has 1 amide bonds. The summed E-state index contributed by atoms with van der Waals surface area (Å²) in [7, 11) is 3.85. The van der Waals surface area contributed by atoms with Crippen molar-refractivity contribution >= 4 is 16.8 Å². The number of likely N-dealkylation sites (tertiary alicyclic amines) is 1. The zero-order chi connectivity index (χ0) is 34.4. The maximum atomic E-state index is 14.6. The summed E-state index contributed by atoms with van der Waals surface area (Å²) in [5.74, 6) is -1.41. The molecule has 3 aromatic carbocycles. The second-order valence-corrected chi connectivity index (χ2v) is 12.6. The molecule has 1 aliphatic heterocycles. The van der Waals surface area contributed by atoms with E-state index < -0.39 is 23.6 Å². The number of amides is 1. The lowest BCUT2D eigenvalue weighted by Gasteiger charge is -2.34. The Morgan fingerprint density at radius 1 is 1.08 bits per heavy atom. The lowest BCUT2D eigenvalue weighted by Crippen LogP contribution is -2.42. The van der Waals surface area contributed by atoms with E-state index in [0.29, 0.717) is 54.4 Å². The van der Waals surface area contributed by atoms with Crippen molar-refractivity contribution in [1.29, 1.82) is 0 Å². The van der Waals surface area contributed by atoms with Crippen LogP contribution in [0.25, 0.3) is 16.6 Å². The first-order chi connectivity index (χ1) is 23.0. The van der Waals surface area contributed by atoms with E-state index in [1.807, 2.05) is 30.3 Å². The summed E-state index contributed by atoms with van der Waals surface area (Å²) in [5, 5.41) is 3.60. The molecule has 48 heavy (non-hydrogen) atoms. The highest BCUT2D eigenvalue weighted by Crippen LogP contribution is 2.33. The van der Waals surface area contributed by atoms with Gasteiger partial charge in [-0.1, -0.05) is 43.7 Å². The molecule has 4 aromatic rings. The van der Waals surface area contributed by atoms with Crippen LogP contribution in [0.15, 0.2) is 71.5 Å². The SMILES string of the molecule is CCCc1ccc(-n2c(C(CCNC)N(CCC3CCCN3C)C(=O)Cc3ccc(C(F)(F)F)c(F)c3)nc3ccccc3c2=O)cc1. The zero-order valence-corrected chi connectivity index (χ0v) is 27.7. The van der Waals surface area contributed by atoms with Crippen molar-refractivity contribution in [3.63, 3.8) is 0 Å². The molecule has 2 unspecified atom stereocenters. The number of halogens is 4. The predicted octanol–water partition coefficient (Wildman–Crippen LogP) is 6.70. The summed E-state index contributed by atoms with van der Waals surface area (Å²) in [6, 6.07) is 17.1. The summed E-state index contributed by atoms with van der Waals surface area (Å²) in [6.07, 6.45) is -0.198. The van der Waals surface area contributed by atoms with Gasteiger partial charge in [-0.05, 0) is 107 Å². The molecule has 1 fully saturated rings. The maximum Gasteiger partial charge on any atom is 0.419 e. The Kier molecular flexibility index (Phi) is 11.3. The highest BCUT2D eigenvalue weighted by Gasteiger charge is 2.35. The Morgan fingerprint density at radius 3 is 2.46 bits per heavy atom. The summed E-state index contributed by atoms with van der Waals surface area (Å²) in [5.41, 5.74) is 0.754. The highest BCUT2D eigenvalue weighted by atomic mass is 19.4. The van der Waals surface area contributed by atoms with Gasteiger partial charge >= 0.3 is 6.18 Å². The summed E-state index contributed by atoms with van der Waals surface area (Å²) in [4.78, 5) is 37.5. The van der Waals surface area contributed by atoms with E-state index in [2.05, 4.69) is 24.2 Å². The van der Waals surface area contributed by atoms with Crippen molar-refractivity contribution in [3.8, 4) is 5.69 Å².